The van der Waals surface area contributed by atoms with E-state index in [1.54, 1.807) is 30.9 Å². The predicted octanol–water partition coefficient (Wildman–Crippen LogP) is 2.87. The second-order valence-corrected chi connectivity index (χ2v) is 8.22. The van der Waals surface area contributed by atoms with Crippen LogP contribution in [0, 0.1) is 13.8 Å². The number of amides is 2. The number of aromatic nitrogens is 3. The second kappa shape index (κ2) is 11.4. The molecular weight excluding hydrogens is 442 g/mol. The van der Waals surface area contributed by atoms with E-state index in [1.165, 1.54) is 11.8 Å². The molecule has 9 nitrogen and oxygen atoms in total. The topological polar surface area (TPSA) is 107 Å². The van der Waals surface area contributed by atoms with Gasteiger partial charge in [0.15, 0.2) is 17.6 Å². The first-order chi connectivity index (χ1) is 15.9. The van der Waals surface area contributed by atoms with Crippen LogP contribution < -0.4 is 20.1 Å². The van der Waals surface area contributed by atoms with Crippen molar-refractivity contribution in [2.75, 3.05) is 24.8 Å². The van der Waals surface area contributed by atoms with Crippen molar-refractivity contribution >= 4 is 29.3 Å². The number of thioether (sulfide) groups is 1. The molecule has 0 atom stereocenters. The minimum absolute atomic E-state index is 0.0890. The number of aryl methyl sites for hydroxylation is 2. The van der Waals surface area contributed by atoms with Crippen LogP contribution in [-0.4, -0.2) is 46.0 Å². The number of nitrogens with one attached hydrogen (secondary N) is 2. The highest BCUT2D eigenvalue weighted by Crippen LogP contribution is 2.24. The number of para-hydroxylation sites is 3. The quantitative estimate of drug-likeness (QED) is 0.440. The maximum absolute atomic E-state index is 12.3. The standard InChI is InChI=1S/C23H27N5O4S/c1-15-8-7-9-16(2)22(15)32-13-20(29)24-12-19-26-27-23(28(19)3)33-14-21(30)25-17-10-5-6-11-18(17)31-4/h5-11H,12-14H2,1-4H3,(H,24,29)(H,25,30). The molecule has 0 aliphatic carbocycles. The van der Waals surface area contributed by atoms with Crippen molar-refractivity contribution < 1.29 is 19.1 Å². The van der Waals surface area contributed by atoms with Crippen LogP contribution in [0.3, 0.4) is 0 Å². The van der Waals surface area contributed by atoms with Crippen LogP contribution in [0.15, 0.2) is 47.6 Å². The van der Waals surface area contributed by atoms with Crippen LogP contribution in [0.2, 0.25) is 0 Å². The zero-order valence-electron chi connectivity index (χ0n) is 19.0. The van der Waals surface area contributed by atoms with Crippen molar-refractivity contribution in [2.45, 2.75) is 25.5 Å². The maximum Gasteiger partial charge on any atom is 0.258 e. The molecule has 2 amide bonds. The number of methoxy groups -OCH3 is 1. The van der Waals surface area contributed by atoms with Crippen molar-refractivity contribution in [1.82, 2.24) is 20.1 Å². The van der Waals surface area contributed by atoms with Gasteiger partial charge < -0.3 is 24.7 Å². The number of nitrogens with zero attached hydrogens (tertiary/aromatic N) is 3. The average Bonchev–Trinajstić information content (AvgIpc) is 3.15. The van der Waals surface area contributed by atoms with E-state index in [1.807, 2.05) is 44.2 Å². The molecular formula is C23H27N5O4S. The molecule has 0 radical (unpaired) electrons. The van der Waals surface area contributed by atoms with Crippen LogP contribution >= 0.6 is 11.8 Å². The van der Waals surface area contributed by atoms with Gasteiger partial charge in [0.1, 0.15) is 11.5 Å². The molecule has 0 aliphatic heterocycles. The molecule has 1 aromatic heterocycles. The molecule has 0 bridgehead atoms. The summed E-state index contributed by atoms with van der Waals surface area (Å²) in [7, 11) is 3.34. The Balaban J connectivity index is 1.47. The number of carbonyl (C=O) groups excluding carboxylic acids is 2. The van der Waals surface area contributed by atoms with Gasteiger partial charge in [-0.15, -0.1) is 10.2 Å². The van der Waals surface area contributed by atoms with Crippen molar-refractivity contribution in [3.8, 4) is 11.5 Å². The Morgan fingerprint density at radius 2 is 1.76 bits per heavy atom. The Morgan fingerprint density at radius 1 is 1.03 bits per heavy atom. The molecule has 1 heterocycles. The number of carbonyl (C=O) groups is 2. The van der Waals surface area contributed by atoms with E-state index < -0.39 is 0 Å². The van der Waals surface area contributed by atoms with Gasteiger partial charge in [0.2, 0.25) is 5.91 Å². The third-order valence-electron chi connectivity index (χ3n) is 4.84. The second-order valence-electron chi connectivity index (χ2n) is 7.28. The zero-order valence-corrected chi connectivity index (χ0v) is 19.9. The minimum Gasteiger partial charge on any atom is -0.495 e. The number of rotatable bonds is 10. The van der Waals surface area contributed by atoms with E-state index in [2.05, 4.69) is 20.8 Å². The Kier molecular flexibility index (Phi) is 8.31. The summed E-state index contributed by atoms with van der Waals surface area (Å²) in [5.74, 6) is 1.59. The molecule has 0 saturated carbocycles. The number of benzene rings is 2. The summed E-state index contributed by atoms with van der Waals surface area (Å²) in [4.78, 5) is 24.5. The SMILES string of the molecule is COc1ccccc1NC(=O)CSc1nnc(CNC(=O)COc2c(C)cccc2C)n1C. The fraction of sp³-hybridized carbons (Fsp3) is 0.304. The van der Waals surface area contributed by atoms with Gasteiger partial charge >= 0.3 is 0 Å². The zero-order chi connectivity index (χ0) is 23.8. The van der Waals surface area contributed by atoms with Crippen LogP contribution in [-0.2, 0) is 23.2 Å². The first kappa shape index (κ1) is 24.1. The summed E-state index contributed by atoms with van der Waals surface area (Å²) in [5.41, 5.74) is 2.56. The van der Waals surface area contributed by atoms with Gasteiger partial charge in [0, 0.05) is 7.05 Å². The maximum atomic E-state index is 12.3. The van der Waals surface area contributed by atoms with Gasteiger partial charge in [0.05, 0.1) is 25.1 Å². The van der Waals surface area contributed by atoms with Gasteiger partial charge in [-0.3, -0.25) is 9.59 Å². The highest BCUT2D eigenvalue weighted by Gasteiger charge is 2.14. The minimum atomic E-state index is -0.258. The van der Waals surface area contributed by atoms with E-state index in [0.717, 1.165) is 16.9 Å². The third kappa shape index (κ3) is 6.48. The lowest BCUT2D eigenvalue weighted by molar-refractivity contribution is -0.123. The average molecular weight is 470 g/mol. The molecule has 0 spiro atoms. The highest BCUT2D eigenvalue weighted by molar-refractivity contribution is 7.99. The smallest absolute Gasteiger partial charge is 0.258 e. The number of hydrogen-bond acceptors (Lipinski definition) is 7. The Hall–Kier alpha value is -3.53. The van der Waals surface area contributed by atoms with Gasteiger partial charge in [-0.1, -0.05) is 42.1 Å². The molecule has 2 aromatic carbocycles. The summed E-state index contributed by atoms with van der Waals surface area (Å²) >= 11 is 1.25. The van der Waals surface area contributed by atoms with Crippen molar-refractivity contribution in [3.63, 3.8) is 0 Å². The molecule has 3 rings (SSSR count). The summed E-state index contributed by atoms with van der Waals surface area (Å²) in [6.45, 7) is 3.99. The highest BCUT2D eigenvalue weighted by atomic mass is 32.2. The first-order valence-electron chi connectivity index (χ1n) is 10.3. The number of hydrogen-bond donors (Lipinski definition) is 2. The Morgan fingerprint density at radius 3 is 2.48 bits per heavy atom. The van der Waals surface area contributed by atoms with E-state index >= 15 is 0 Å². The van der Waals surface area contributed by atoms with Crippen LogP contribution in [0.25, 0.3) is 0 Å². The molecule has 0 fully saturated rings. The number of ether oxygens (including phenoxy) is 2. The van der Waals surface area contributed by atoms with Crippen molar-refractivity contribution in [3.05, 3.63) is 59.4 Å². The summed E-state index contributed by atoms with van der Waals surface area (Å²) < 4.78 is 12.7. The monoisotopic (exact) mass is 469 g/mol. The summed E-state index contributed by atoms with van der Waals surface area (Å²) in [6, 6.07) is 13.0. The Bertz CT molecular complexity index is 1110. The molecule has 10 heteroatoms. The van der Waals surface area contributed by atoms with E-state index in [4.69, 9.17) is 9.47 Å². The lowest BCUT2D eigenvalue weighted by Crippen LogP contribution is -2.29. The molecule has 0 saturated heterocycles. The summed E-state index contributed by atoms with van der Waals surface area (Å²) in [6.07, 6.45) is 0. The molecule has 3 aromatic rings. The van der Waals surface area contributed by atoms with Crippen LogP contribution in [0.5, 0.6) is 11.5 Å². The fourth-order valence-corrected chi connectivity index (χ4v) is 3.81. The predicted molar refractivity (Wildman–Crippen MR) is 127 cm³/mol. The largest absolute Gasteiger partial charge is 0.495 e. The fourth-order valence-electron chi connectivity index (χ4n) is 3.08. The first-order valence-corrected chi connectivity index (χ1v) is 11.3. The number of anilines is 1. The van der Waals surface area contributed by atoms with Gasteiger partial charge in [0.25, 0.3) is 5.91 Å². The van der Waals surface area contributed by atoms with Gasteiger partial charge in [-0.25, -0.2) is 0 Å². The molecule has 0 aliphatic rings. The molecule has 0 unspecified atom stereocenters. The van der Waals surface area contributed by atoms with Gasteiger partial charge in [-0.05, 0) is 37.1 Å². The summed E-state index contributed by atoms with van der Waals surface area (Å²) in [5, 5.41) is 14.4. The van der Waals surface area contributed by atoms with E-state index in [-0.39, 0.29) is 30.7 Å². The lowest BCUT2D eigenvalue weighted by Gasteiger charge is -2.12. The van der Waals surface area contributed by atoms with Crippen LogP contribution in [0.1, 0.15) is 17.0 Å². The van der Waals surface area contributed by atoms with Crippen molar-refractivity contribution in [2.24, 2.45) is 7.05 Å². The molecule has 2 N–H and O–H groups in total. The lowest BCUT2D eigenvalue weighted by atomic mass is 10.1. The normalized spacial score (nSPS) is 10.5. The third-order valence-corrected chi connectivity index (χ3v) is 5.86. The Labute approximate surface area is 196 Å². The van der Waals surface area contributed by atoms with Gasteiger partial charge in [-0.2, -0.15) is 0 Å². The molecule has 174 valence electrons. The molecule has 33 heavy (non-hydrogen) atoms. The van der Waals surface area contributed by atoms with Crippen molar-refractivity contribution in [1.29, 1.82) is 0 Å². The van der Waals surface area contributed by atoms with E-state index in [9.17, 15) is 9.59 Å². The van der Waals surface area contributed by atoms with Crippen LogP contribution in [0.4, 0.5) is 5.69 Å². The van der Waals surface area contributed by atoms with E-state index in [0.29, 0.717) is 22.4 Å².